The van der Waals surface area contributed by atoms with Crippen LogP contribution in [0.25, 0.3) is 0 Å². The predicted molar refractivity (Wildman–Crippen MR) is 141 cm³/mol. The van der Waals surface area contributed by atoms with E-state index >= 15 is 0 Å². The first-order chi connectivity index (χ1) is 19.6. The van der Waals surface area contributed by atoms with Crippen molar-refractivity contribution >= 4 is 40.8 Å². The van der Waals surface area contributed by atoms with Gasteiger partial charge in [0.2, 0.25) is 11.8 Å². The summed E-state index contributed by atoms with van der Waals surface area (Å²) in [5.41, 5.74) is 0.289. The number of carbonyl (C=O) groups excluding carboxylic acids is 3. The number of aromatic nitrogens is 2. The van der Waals surface area contributed by atoms with Crippen LogP contribution in [0.5, 0.6) is 0 Å². The van der Waals surface area contributed by atoms with Crippen LogP contribution in [0.3, 0.4) is 0 Å². The third-order valence-corrected chi connectivity index (χ3v) is 7.31. The van der Waals surface area contributed by atoms with E-state index in [1.807, 2.05) is 6.07 Å². The lowest BCUT2D eigenvalue weighted by atomic mass is 9.87. The molecule has 1 aliphatic heterocycles. The van der Waals surface area contributed by atoms with E-state index in [-0.39, 0.29) is 40.5 Å². The maximum atomic E-state index is 14.4. The highest BCUT2D eigenvalue weighted by molar-refractivity contribution is 6.31. The molecule has 9 nitrogen and oxygen atoms in total. The van der Waals surface area contributed by atoms with Crippen molar-refractivity contribution in [2.24, 2.45) is 0 Å². The number of pyridine rings is 2. The van der Waals surface area contributed by atoms with Crippen LogP contribution in [0.15, 0.2) is 61.1 Å². The second kappa shape index (κ2) is 11.2. The monoisotopic (exact) mass is 582 g/mol. The number of rotatable bonds is 7. The molecule has 1 saturated heterocycles. The first-order valence-corrected chi connectivity index (χ1v) is 13.0. The molecule has 2 aliphatic rings. The molecule has 0 unspecified atom stereocenters. The fraction of sp³-hybridized carbons (Fsp3) is 0.286. The van der Waals surface area contributed by atoms with Crippen LogP contribution in [-0.4, -0.2) is 45.7 Å². The fourth-order valence-corrected chi connectivity index (χ4v) is 5.27. The van der Waals surface area contributed by atoms with Crippen LogP contribution < -0.4 is 15.1 Å². The Kier molecular flexibility index (Phi) is 7.64. The van der Waals surface area contributed by atoms with Gasteiger partial charge in [0.1, 0.15) is 29.8 Å². The molecule has 3 aromatic rings. The van der Waals surface area contributed by atoms with Gasteiger partial charge < -0.3 is 5.32 Å². The number of alkyl halides is 2. The van der Waals surface area contributed by atoms with Crippen molar-refractivity contribution in [1.29, 1.82) is 5.26 Å². The van der Waals surface area contributed by atoms with Gasteiger partial charge >= 0.3 is 0 Å². The van der Waals surface area contributed by atoms with E-state index in [0.29, 0.717) is 0 Å². The summed E-state index contributed by atoms with van der Waals surface area (Å²) in [7, 11) is 0. The quantitative estimate of drug-likeness (QED) is 0.443. The van der Waals surface area contributed by atoms with Crippen molar-refractivity contribution in [1.82, 2.24) is 15.3 Å². The van der Waals surface area contributed by atoms with E-state index in [1.54, 1.807) is 12.1 Å². The van der Waals surface area contributed by atoms with Crippen LogP contribution in [0.2, 0.25) is 5.02 Å². The maximum Gasteiger partial charge on any atom is 0.252 e. The van der Waals surface area contributed by atoms with Crippen LogP contribution in [0.4, 0.5) is 24.7 Å². The zero-order valence-corrected chi connectivity index (χ0v) is 22.1. The first kappa shape index (κ1) is 28.0. The molecule has 1 N–H and O–H groups in total. The smallest absolute Gasteiger partial charge is 0.252 e. The highest BCUT2D eigenvalue weighted by atomic mass is 35.5. The fourth-order valence-electron chi connectivity index (χ4n) is 5.03. The zero-order valence-electron chi connectivity index (χ0n) is 21.3. The lowest BCUT2D eigenvalue weighted by Crippen LogP contribution is -2.56. The normalized spacial score (nSPS) is 18.8. The van der Waals surface area contributed by atoms with Crippen molar-refractivity contribution < 1.29 is 27.6 Å². The molecule has 0 bridgehead atoms. The third-order valence-electron chi connectivity index (χ3n) is 6.97. The first-order valence-electron chi connectivity index (χ1n) is 12.6. The summed E-state index contributed by atoms with van der Waals surface area (Å²) in [6, 6.07) is 8.42. The van der Waals surface area contributed by atoms with Gasteiger partial charge in [-0.1, -0.05) is 29.8 Å². The van der Waals surface area contributed by atoms with Crippen molar-refractivity contribution in [2.45, 2.75) is 49.7 Å². The van der Waals surface area contributed by atoms with Gasteiger partial charge in [-0.15, -0.1) is 0 Å². The molecule has 0 radical (unpaired) electrons. The highest BCUT2D eigenvalue weighted by Gasteiger charge is 2.48. The molecule has 1 aromatic carbocycles. The van der Waals surface area contributed by atoms with Gasteiger partial charge in [0.25, 0.3) is 11.8 Å². The molecule has 210 valence electrons. The summed E-state index contributed by atoms with van der Waals surface area (Å²) in [4.78, 5) is 51.2. The second-order valence-electron chi connectivity index (χ2n) is 9.80. The lowest BCUT2D eigenvalue weighted by molar-refractivity contribution is -0.133. The SMILES string of the molecule is N#Cc1ccc(N2C(=O)CC[C@H]2C(=O)N(c2cncc(F)c2)[C@H](C(=O)NC2CC(F)(F)C2)c2ccccc2Cl)nc1. The van der Waals surface area contributed by atoms with E-state index in [2.05, 4.69) is 15.3 Å². The van der Waals surface area contributed by atoms with Gasteiger partial charge in [0, 0.05) is 48.2 Å². The average Bonchev–Trinajstić information content (AvgIpc) is 3.32. The topological polar surface area (TPSA) is 119 Å². The van der Waals surface area contributed by atoms with Gasteiger partial charge in [-0.25, -0.2) is 18.2 Å². The van der Waals surface area contributed by atoms with Crippen molar-refractivity contribution in [3.8, 4) is 6.07 Å². The Morgan fingerprint density at radius 2 is 1.93 bits per heavy atom. The van der Waals surface area contributed by atoms with E-state index in [1.165, 1.54) is 36.7 Å². The van der Waals surface area contributed by atoms with Gasteiger partial charge in [0.15, 0.2) is 0 Å². The Hall–Kier alpha value is -4.50. The summed E-state index contributed by atoms with van der Waals surface area (Å²) in [5, 5.41) is 11.8. The van der Waals surface area contributed by atoms with Gasteiger partial charge in [-0.3, -0.25) is 29.2 Å². The molecule has 13 heteroatoms. The second-order valence-corrected chi connectivity index (χ2v) is 10.2. The molecule has 1 saturated carbocycles. The summed E-state index contributed by atoms with van der Waals surface area (Å²) in [5.74, 6) is -5.62. The number of benzene rings is 1. The van der Waals surface area contributed by atoms with E-state index < -0.39 is 60.4 Å². The molecular weight excluding hydrogens is 561 g/mol. The molecule has 0 spiro atoms. The largest absolute Gasteiger partial charge is 0.351 e. The Labute approximate surface area is 237 Å². The molecule has 41 heavy (non-hydrogen) atoms. The number of hydrogen-bond acceptors (Lipinski definition) is 6. The minimum absolute atomic E-state index is 0.0204. The maximum absolute atomic E-state index is 14.4. The van der Waals surface area contributed by atoms with Crippen molar-refractivity contribution in [3.63, 3.8) is 0 Å². The van der Waals surface area contributed by atoms with Crippen LogP contribution in [-0.2, 0) is 14.4 Å². The van der Waals surface area contributed by atoms with Crippen molar-refractivity contribution in [3.05, 3.63) is 83.0 Å². The Morgan fingerprint density at radius 3 is 2.56 bits per heavy atom. The highest BCUT2D eigenvalue weighted by Crippen LogP contribution is 2.39. The number of amides is 3. The molecular formula is C28H22ClF3N6O3. The van der Waals surface area contributed by atoms with Crippen LogP contribution >= 0.6 is 11.6 Å². The Bertz CT molecular complexity index is 1540. The molecule has 2 aromatic heterocycles. The predicted octanol–water partition coefficient (Wildman–Crippen LogP) is 4.32. The van der Waals surface area contributed by atoms with E-state index in [0.717, 1.165) is 22.1 Å². The van der Waals surface area contributed by atoms with Crippen molar-refractivity contribution in [2.75, 3.05) is 9.80 Å². The van der Waals surface area contributed by atoms with E-state index in [9.17, 15) is 27.6 Å². The van der Waals surface area contributed by atoms with Gasteiger partial charge in [-0.05, 0) is 24.6 Å². The number of nitrogens with one attached hydrogen (secondary N) is 1. The lowest BCUT2D eigenvalue weighted by Gasteiger charge is -2.39. The number of hydrogen-bond donors (Lipinski definition) is 1. The standard InChI is InChI=1S/C28H22ClF3N6O3/c29-21-4-2-1-3-20(21)25(26(40)36-18-10-28(31,32)11-18)37(19-9-17(30)14-34-15-19)27(41)22-6-8-24(39)38(22)23-7-5-16(12-33)13-35-23/h1-5,7,9,13-15,18,22,25H,6,8,10-11H2,(H,36,40)/t22-,25-/m0/s1. The average molecular weight is 583 g/mol. The van der Waals surface area contributed by atoms with Crippen LogP contribution in [0, 0.1) is 17.1 Å². The summed E-state index contributed by atoms with van der Waals surface area (Å²) < 4.78 is 41.6. The van der Waals surface area contributed by atoms with Gasteiger partial charge in [0.05, 0.1) is 23.6 Å². The molecule has 3 amide bonds. The number of halogens is 4. The number of carbonyl (C=O) groups is 3. The van der Waals surface area contributed by atoms with Gasteiger partial charge in [-0.2, -0.15) is 5.26 Å². The molecule has 2 fully saturated rings. The molecule has 1 aliphatic carbocycles. The Morgan fingerprint density at radius 1 is 1.17 bits per heavy atom. The minimum Gasteiger partial charge on any atom is -0.351 e. The third kappa shape index (κ3) is 5.71. The summed E-state index contributed by atoms with van der Waals surface area (Å²) in [6.45, 7) is 0. The zero-order chi connectivity index (χ0) is 29.3. The summed E-state index contributed by atoms with van der Waals surface area (Å²) in [6.07, 6.45) is 2.23. The number of anilines is 2. The number of nitrogens with zero attached hydrogens (tertiary/aromatic N) is 5. The summed E-state index contributed by atoms with van der Waals surface area (Å²) >= 11 is 6.47. The van der Waals surface area contributed by atoms with E-state index in [4.69, 9.17) is 16.9 Å². The number of nitriles is 1. The molecule has 2 atom stereocenters. The van der Waals surface area contributed by atoms with Crippen LogP contribution in [0.1, 0.15) is 42.9 Å². The molecule has 5 rings (SSSR count). The molecule has 3 heterocycles. The minimum atomic E-state index is -2.92. The Balaban J connectivity index is 1.59.